The number of hydrogen-bond acceptors (Lipinski definition) is 7. The number of nitrogens with two attached hydrogens (primary N) is 3. The molecule has 0 bridgehead atoms. The van der Waals surface area contributed by atoms with Crippen molar-refractivity contribution in [3.63, 3.8) is 0 Å². The maximum atomic E-state index is 8.63. The van der Waals surface area contributed by atoms with E-state index in [4.69, 9.17) is 22.8 Å². The van der Waals surface area contributed by atoms with Crippen LogP contribution in [0, 0.1) is 5.41 Å². The van der Waals surface area contributed by atoms with Crippen molar-refractivity contribution >= 4 is 11.4 Å². The van der Waals surface area contributed by atoms with Gasteiger partial charge in [0.1, 0.15) is 0 Å². The lowest BCUT2D eigenvalue weighted by atomic mass is 9.71. The molecule has 1 aromatic rings. The maximum Gasteiger partial charge on any atom is 0.0996 e. The smallest absolute Gasteiger partial charge is 0.0996 e. The van der Waals surface area contributed by atoms with Gasteiger partial charge >= 0.3 is 0 Å². The topological polar surface area (TPSA) is 120 Å². The summed E-state index contributed by atoms with van der Waals surface area (Å²) < 4.78 is 0. The third-order valence-electron chi connectivity index (χ3n) is 4.63. The van der Waals surface area contributed by atoms with Crippen molar-refractivity contribution in [2.75, 3.05) is 18.5 Å². The number of nitrogens with zero attached hydrogens (tertiary/aromatic N) is 2. The zero-order valence-electron chi connectivity index (χ0n) is 12.1. The van der Waals surface area contributed by atoms with Crippen LogP contribution in [-0.4, -0.2) is 40.5 Å². The van der Waals surface area contributed by atoms with Gasteiger partial charge in [0.15, 0.2) is 0 Å². The third-order valence-corrected chi connectivity index (χ3v) is 4.63. The van der Waals surface area contributed by atoms with Gasteiger partial charge in [0, 0.05) is 29.1 Å². The van der Waals surface area contributed by atoms with Gasteiger partial charge in [-0.05, 0) is 18.2 Å². The molecule has 0 amide bonds. The average molecular weight is 297 g/mol. The lowest BCUT2D eigenvalue weighted by Gasteiger charge is -2.55. The first-order valence-corrected chi connectivity index (χ1v) is 7.18. The van der Waals surface area contributed by atoms with Crippen LogP contribution in [0.5, 0.6) is 0 Å². The number of hydrazine groups is 2. The molecule has 1 aromatic carbocycles. The highest BCUT2D eigenvalue weighted by Crippen LogP contribution is 2.42. The van der Waals surface area contributed by atoms with Crippen LogP contribution in [0.25, 0.3) is 0 Å². The Morgan fingerprint density at radius 1 is 1.27 bits per heavy atom. The van der Waals surface area contributed by atoms with Crippen molar-refractivity contribution in [1.82, 2.24) is 10.0 Å². The van der Waals surface area contributed by atoms with Crippen LogP contribution >= 0.6 is 0 Å². The quantitative estimate of drug-likeness (QED) is 0.419. The summed E-state index contributed by atoms with van der Waals surface area (Å²) in [4.78, 5) is 0. The molecule has 2 atom stereocenters. The van der Waals surface area contributed by atoms with Gasteiger partial charge in [-0.1, -0.05) is 18.2 Å². The zero-order valence-corrected chi connectivity index (χ0v) is 12.1. The molecule has 0 aromatic heterocycles. The number of hydrogen-bond donors (Lipinski definition) is 5. The molecule has 114 valence electrons. The second kappa shape index (κ2) is 4.40. The maximum absolute atomic E-state index is 8.63. The van der Waals surface area contributed by atoms with E-state index in [0.717, 1.165) is 16.8 Å². The van der Waals surface area contributed by atoms with E-state index in [0.29, 0.717) is 24.6 Å². The first kappa shape index (κ1) is 13.5. The van der Waals surface area contributed by atoms with Gasteiger partial charge in [-0.2, -0.15) is 0 Å². The summed E-state index contributed by atoms with van der Waals surface area (Å²) in [5.74, 6) is 12.2. The van der Waals surface area contributed by atoms with Gasteiger partial charge in [-0.15, -0.1) is 0 Å². The predicted octanol–water partition coefficient (Wildman–Crippen LogP) is -0.308. The second-order valence-corrected chi connectivity index (χ2v) is 6.09. The molecule has 1 aliphatic carbocycles. The van der Waals surface area contributed by atoms with E-state index in [1.54, 1.807) is 10.0 Å². The molecule has 0 saturated carbocycles. The molecule has 0 radical (unpaired) electrons. The van der Waals surface area contributed by atoms with Gasteiger partial charge in [0.2, 0.25) is 0 Å². The molecule has 22 heavy (non-hydrogen) atoms. The molecule has 1 spiro atoms. The molecule has 1 saturated heterocycles. The number of allylic oxidation sites excluding steroid dienone is 1. The van der Waals surface area contributed by atoms with Crippen LogP contribution < -0.4 is 22.7 Å². The minimum Gasteiger partial charge on any atom is -0.399 e. The summed E-state index contributed by atoms with van der Waals surface area (Å²) in [6, 6.07) is 7.64. The molecule has 1 fully saturated rings. The SMILES string of the molecule is N=C1C2=CC(N)=CC3N(N)CN(N)CC23Nc2ccccc21. The summed E-state index contributed by atoms with van der Waals surface area (Å²) in [6.07, 6.45) is 3.79. The van der Waals surface area contributed by atoms with Crippen molar-refractivity contribution in [3.05, 3.63) is 53.3 Å². The Morgan fingerprint density at radius 3 is 2.86 bits per heavy atom. The Bertz CT molecular complexity index is 722. The van der Waals surface area contributed by atoms with Crippen molar-refractivity contribution in [2.24, 2.45) is 17.4 Å². The summed E-state index contributed by atoms with van der Waals surface area (Å²) in [6.45, 7) is 0.998. The van der Waals surface area contributed by atoms with E-state index in [1.807, 2.05) is 36.4 Å². The van der Waals surface area contributed by atoms with Gasteiger partial charge in [0.05, 0.1) is 24.0 Å². The van der Waals surface area contributed by atoms with Gasteiger partial charge in [0.25, 0.3) is 0 Å². The molecular formula is C15H19N7. The van der Waals surface area contributed by atoms with E-state index < -0.39 is 5.54 Å². The van der Waals surface area contributed by atoms with Crippen LogP contribution in [0.1, 0.15) is 5.56 Å². The zero-order chi connectivity index (χ0) is 15.5. The number of para-hydroxylation sites is 1. The summed E-state index contributed by atoms with van der Waals surface area (Å²) in [5, 5.41) is 15.5. The fraction of sp³-hybridized carbons (Fsp3) is 0.267. The molecule has 8 N–H and O–H groups in total. The van der Waals surface area contributed by atoms with E-state index in [1.165, 1.54) is 0 Å². The summed E-state index contributed by atoms with van der Waals surface area (Å²) in [5.41, 5.74) is 9.22. The number of anilines is 1. The summed E-state index contributed by atoms with van der Waals surface area (Å²) in [7, 11) is 0. The van der Waals surface area contributed by atoms with Crippen molar-refractivity contribution in [2.45, 2.75) is 11.6 Å². The van der Waals surface area contributed by atoms with Crippen LogP contribution in [0.3, 0.4) is 0 Å². The van der Waals surface area contributed by atoms with Crippen LogP contribution in [0.4, 0.5) is 5.69 Å². The highest BCUT2D eigenvalue weighted by molar-refractivity contribution is 6.18. The van der Waals surface area contributed by atoms with Crippen LogP contribution in [0.2, 0.25) is 0 Å². The Morgan fingerprint density at radius 2 is 2.05 bits per heavy atom. The van der Waals surface area contributed by atoms with Gasteiger partial charge in [-0.25, -0.2) is 10.0 Å². The number of benzene rings is 1. The Kier molecular flexibility index (Phi) is 2.70. The van der Waals surface area contributed by atoms with E-state index in [2.05, 4.69) is 5.32 Å². The fourth-order valence-corrected chi connectivity index (χ4v) is 3.72. The standard InChI is InChI=1S/C15H19N7/c16-9-5-11-14(17)10-3-1-2-4-12(10)20-15(11)7-21(18)8-22(19)13(15)6-9/h1-6,13,17,20H,7-8,16,18-19H2. The minimum absolute atomic E-state index is 0.152. The number of fused-ring (bicyclic) bond motifs is 1. The molecule has 4 rings (SSSR count). The average Bonchev–Trinajstić information content (AvgIpc) is 2.47. The first-order valence-electron chi connectivity index (χ1n) is 7.18. The lowest BCUT2D eigenvalue weighted by molar-refractivity contribution is 0.0212. The number of rotatable bonds is 0. The summed E-state index contributed by atoms with van der Waals surface area (Å²) >= 11 is 0. The lowest BCUT2D eigenvalue weighted by Crippen LogP contribution is -2.74. The molecule has 2 aliphatic heterocycles. The Balaban J connectivity index is 1.93. The van der Waals surface area contributed by atoms with E-state index in [-0.39, 0.29) is 6.04 Å². The highest BCUT2D eigenvalue weighted by atomic mass is 15.6. The second-order valence-electron chi connectivity index (χ2n) is 6.09. The van der Waals surface area contributed by atoms with Crippen molar-refractivity contribution in [3.8, 4) is 0 Å². The van der Waals surface area contributed by atoms with Crippen molar-refractivity contribution in [1.29, 1.82) is 5.41 Å². The Labute approximate surface area is 128 Å². The van der Waals surface area contributed by atoms with Gasteiger partial charge in [-0.3, -0.25) is 17.1 Å². The van der Waals surface area contributed by atoms with E-state index >= 15 is 0 Å². The Hall–Kier alpha value is -2.19. The predicted molar refractivity (Wildman–Crippen MR) is 85.6 cm³/mol. The molecule has 7 heteroatoms. The molecule has 2 unspecified atom stereocenters. The molecule has 2 heterocycles. The normalized spacial score (nSPS) is 31.4. The molecular weight excluding hydrogens is 278 g/mol. The van der Waals surface area contributed by atoms with Crippen LogP contribution in [-0.2, 0) is 0 Å². The monoisotopic (exact) mass is 297 g/mol. The van der Waals surface area contributed by atoms with E-state index in [9.17, 15) is 0 Å². The molecule has 7 nitrogen and oxygen atoms in total. The third kappa shape index (κ3) is 1.68. The van der Waals surface area contributed by atoms with Crippen molar-refractivity contribution < 1.29 is 0 Å². The van der Waals surface area contributed by atoms with Crippen LogP contribution in [0.15, 0.2) is 47.7 Å². The minimum atomic E-state index is -0.559. The first-order chi connectivity index (χ1) is 10.5. The van der Waals surface area contributed by atoms with Gasteiger partial charge < -0.3 is 11.1 Å². The number of nitrogens with one attached hydrogen (secondary N) is 2. The fourth-order valence-electron chi connectivity index (χ4n) is 3.72. The largest absolute Gasteiger partial charge is 0.399 e. The molecule has 3 aliphatic rings. The highest BCUT2D eigenvalue weighted by Gasteiger charge is 2.53.